The highest BCUT2D eigenvalue weighted by atomic mass is 32.2. The van der Waals surface area contributed by atoms with Crippen molar-refractivity contribution < 1.29 is 13.2 Å². The number of rotatable bonds is 7. The predicted molar refractivity (Wildman–Crippen MR) is 125 cm³/mol. The van der Waals surface area contributed by atoms with Gasteiger partial charge in [0.25, 0.3) is 15.9 Å². The first-order valence-corrected chi connectivity index (χ1v) is 11.8. The Labute approximate surface area is 184 Å². The van der Waals surface area contributed by atoms with Crippen molar-refractivity contribution in [2.75, 3.05) is 4.72 Å². The number of carbonyl (C=O) groups excluding carboxylic acids is 1. The SMILES string of the molecule is CCc1ccc([C@H](C)NC(=O)c2ccc(NS(=O)(=O)c3ccc(C)cc3)c(C)c2)cc1. The molecule has 5 nitrogen and oxygen atoms in total. The molecule has 0 saturated heterocycles. The Balaban J connectivity index is 1.72. The van der Waals surface area contributed by atoms with Crippen LogP contribution in [-0.4, -0.2) is 14.3 Å². The van der Waals surface area contributed by atoms with E-state index in [9.17, 15) is 13.2 Å². The summed E-state index contributed by atoms with van der Waals surface area (Å²) in [6.45, 7) is 7.72. The molecule has 0 aromatic heterocycles. The monoisotopic (exact) mass is 436 g/mol. The van der Waals surface area contributed by atoms with Gasteiger partial charge < -0.3 is 5.32 Å². The van der Waals surface area contributed by atoms with E-state index in [1.807, 2.05) is 26.0 Å². The van der Waals surface area contributed by atoms with Crippen LogP contribution < -0.4 is 10.0 Å². The first kappa shape index (κ1) is 22.6. The third-order valence-corrected chi connectivity index (χ3v) is 6.68. The Hall–Kier alpha value is -3.12. The zero-order chi connectivity index (χ0) is 22.6. The molecule has 1 atom stereocenters. The topological polar surface area (TPSA) is 75.3 Å². The fraction of sp³-hybridized carbons (Fsp3) is 0.240. The molecule has 2 N–H and O–H groups in total. The van der Waals surface area contributed by atoms with Crippen molar-refractivity contribution >= 4 is 21.6 Å². The van der Waals surface area contributed by atoms with Gasteiger partial charge in [0.05, 0.1) is 16.6 Å². The van der Waals surface area contributed by atoms with Gasteiger partial charge in [0, 0.05) is 5.56 Å². The summed E-state index contributed by atoms with van der Waals surface area (Å²) in [5, 5.41) is 3.00. The number of hydrogen-bond donors (Lipinski definition) is 2. The van der Waals surface area contributed by atoms with Crippen molar-refractivity contribution in [3.63, 3.8) is 0 Å². The summed E-state index contributed by atoms with van der Waals surface area (Å²) in [5.74, 6) is -0.205. The summed E-state index contributed by atoms with van der Waals surface area (Å²) in [6.07, 6.45) is 0.973. The largest absolute Gasteiger partial charge is 0.346 e. The third kappa shape index (κ3) is 5.52. The first-order valence-electron chi connectivity index (χ1n) is 10.3. The van der Waals surface area contributed by atoms with Crippen LogP contribution in [0.2, 0.25) is 0 Å². The number of nitrogens with one attached hydrogen (secondary N) is 2. The molecule has 0 aliphatic carbocycles. The molecule has 31 heavy (non-hydrogen) atoms. The molecular weight excluding hydrogens is 408 g/mol. The molecule has 0 spiro atoms. The normalized spacial score (nSPS) is 12.3. The summed E-state index contributed by atoms with van der Waals surface area (Å²) < 4.78 is 27.9. The number of carbonyl (C=O) groups is 1. The summed E-state index contributed by atoms with van der Waals surface area (Å²) in [5.41, 5.74) is 4.86. The minimum absolute atomic E-state index is 0.140. The molecule has 0 saturated carbocycles. The summed E-state index contributed by atoms with van der Waals surface area (Å²) >= 11 is 0. The van der Waals surface area contributed by atoms with Crippen LogP contribution in [0.25, 0.3) is 0 Å². The van der Waals surface area contributed by atoms with Crippen molar-refractivity contribution in [3.8, 4) is 0 Å². The molecule has 0 radical (unpaired) electrons. The van der Waals surface area contributed by atoms with Crippen LogP contribution in [-0.2, 0) is 16.4 Å². The van der Waals surface area contributed by atoms with E-state index in [-0.39, 0.29) is 16.8 Å². The minimum Gasteiger partial charge on any atom is -0.346 e. The van der Waals surface area contributed by atoms with Crippen molar-refractivity contribution in [1.29, 1.82) is 0 Å². The number of aryl methyl sites for hydroxylation is 3. The van der Waals surface area contributed by atoms with Crippen LogP contribution in [0.1, 0.15) is 52.5 Å². The van der Waals surface area contributed by atoms with E-state index in [1.165, 1.54) is 5.56 Å². The molecule has 0 bridgehead atoms. The molecule has 0 aliphatic rings. The van der Waals surface area contributed by atoms with E-state index in [2.05, 4.69) is 29.1 Å². The second-order valence-electron chi connectivity index (χ2n) is 7.74. The number of sulfonamides is 1. The number of hydrogen-bond acceptors (Lipinski definition) is 3. The predicted octanol–water partition coefficient (Wildman–Crippen LogP) is 5.16. The minimum atomic E-state index is -3.70. The highest BCUT2D eigenvalue weighted by molar-refractivity contribution is 7.92. The summed E-state index contributed by atoms with van der Waals surface area (Å²) in [7, 11) is -3.70. The zero-order valence-corrected chi connectivity index (χ0v) is 19.1. The molecule has 3 aromatic carbocycles. The Morgan fingerprint density at radius 1 is 0.935 bits per heavy atom. The highest BCUT2D eigenvalue weighted by Crippen LogP contribution is 2.22. The lowest BCUT2D eigenvalue weighted by Crippen LogP contribution is -2.26. The van der Waals surface area contributed by atoms with Gasteiger partial charge in [0.15, 0.2) is 0 Å². The maximum atomic E-state index is 12.7. The average Bonchev–Trinajstić information content (AvgIpc) is 2.75. The fourth-order valence-electron chi connectivity index (χ4n) is 3.25. The maximum absolute atomic E-state index is 12.7. The Morgan fingerprint density at radius 2 is 1.58 bits per heavy atom. The lowest BCUT2D eigenvalue weighted by Gasteiger charge is -2.16. The van der Waals surface area contributed by atoms with Gasteiger partial charge in [0.1, 0.15) is 0 Å². The smallest absolute Gasteiger partial charge is 0.261 e. The summed E-state index contributed by atoms with van der Waals surface area (Å²) in [4.78, 5) is 12.9. The quantitative estimate of drug-likeness (QED) is 0.537. The van der Waals surface area contributed by atoms with Crippen molar-refractivity contribution in [2.24, 2.45) is 0 Å². The molecule has 0 heterocycles. The second-order valence-corrected chi connectivity index (χ2v) is 9.42. The van der Waals surface area contributed by atoms with Gasteiger partial charge in [-0.3, -0.25) is 9.52 Å². The van der Waals surface area contributed by atoms with Crippen LogP contribution in [0.15, 0.2) is 71.6 Å². The highest BCUT2D eigenvalue weighted by Gasteiger charge is 2.17. The van der Waals surface area contributed by atoms with E-state index in [1.54, 1.807) is 49.4 Å². The number of anilines is 1. The molecule has 162 valence electrons. The van der Waals surface area contributed by atoms with E-state index in [4.69, 9.17) is 0 Å². The Kier molecular flexibility index (Phi) is 6.81. The van der Waals surface area contributed by atoms with Crippen LogP contribution in [0, 0.1) is 13.8 Å². The van der Waals surface area contributed by atoms with Gasteiger partial charge in [-0.05, 0) is 74.2 Å². The molecule has 6 heteroatoms. The zero-order valence-electron chi connectivity index (χ0n) is 18.3. The maximum Gasteiger partial charge on any atom is 0.261 e. The van der Waals surface area contributed by atoms with Crippen LogP contribution in [0.5, 0.6) is 0 Å². The molecule has 0 unspecified atom stereocenters. The van der Waals surface area contributed by atoms with E-state index >= 15 is 0 Å². The van der Waals surface area contributed by atoms with Crippen LogP contribution in [0.4, 0.5) is 5.69 Å². The lowest BCUT2D eigenvalue weighted by atomic mass is 10.0. The molecule has 0 fully saturated rings. The molecular formula is C25H28N2O3S. The van der Waals surface area contributed by atoms with E-state index in [0.29, 0.717) is 16.8 Å². The van der Waals surface area contributed by atoms with Crippen LogP contribution >= 0.6 is 0 Å². The Morgan fingerprint density at radius 3 is 2.16 bits per heavy atom. The average molecular weight is 437 g/mol. The molecule has 0 aliphatic heterocycles. The molecule has 3 rings (SSSR count). The van der Waals surface area contributed by atoms with Gasteiger partial charge in [-0.15, -0.1) is 0 Å². The van der Waals surface area contributed by atoms with Crippen molar-refractivity contribution in [3.05, 3.63) is 94.5 Å². The first-order chi connectivity index (χ1) is 14.7. The van der Waals surface area contributed by atoms with Gasteiger partial charge >= 0.3 is 0 Å². The fourth-order valence-corrected chi connectivity index (χ4v) is 4.38. The van der Waals surface area contributed by atoms with Crippen LogP contribution in [0.3, 0.4) is 0 Å². The number of benzene rings is 3. The third-order valence-electron chi connectivity index (χ3n) is 5.30. The van der Waals surface area contributed by atoms with E-state index < -0.39 is 10.0 Å². The summed E-state index contributed by atoms with van der Waals surface area (Å²) in [6, 6.07) is 19.6. The Bertz CT molecular complexity index is 1170. The number of amides is 1. The van der Waals surface area contributed by atoms with Gasteiger partial charge in [0.2, 0.25) is 0 Å². The standard InChI is InChI=1S/C25H28N2O3S/c1-5-20-8-10-21(11-9-20)19(4)26-25(28)22-12-15-24(18(3)16-22)27-31(29,30)23-13-6-17(2)7-14-23/h6-16,19,27H,5H2,1-4H3,(H,26,28)/t19-/m0/s1. The van der Waals surface area contributed by atoms with Gasteiger partial charge in [-0.2, -0.15) is 0 Å². The second kappa shape index (κ2) is 9.35. The van der Waals surface area contributed by atoms with Gasteiger partial charge in [-0.25, -0.2) is 8.42 Å². The molecule has 3 aromatic rings. The van der Waals surface area contributed by atoms with Crippen molar-refractivity contribution in [2.45, 2.75) is 45.1 Å². The lowest BCUT2D eigenvalue weighted by molar-refractivity contribution is 0.0940. The molecule has 1 amide bonds. The van der Waals surface area contributed by atoms with Crippen molar-refractivity contribution in [1.82, 2.24) is 5.32 Å². The van der Waals surface area contributed by atoms with Gasteiger partial charge in [-0.1, -0.05) is 48.9 Å². The van der Waals surface area contributed by atoms with E-state index in [0.717, 1.165) is 17.5 Å².